The molecule has 1 N–H and O–H groups in total. The third-order valence-corrected chi connectivity index (χ3v) is 4.07. The molecule has 0 aliphatic heterocycles. The Bertz CT molecular complexity index is 349. The van der Waals surface area contributed by atoms with Crippen molar-refractivity contribution in [3.05, 3.63) is 22.4 Å². The number of ether oxygens (including phenoxy) is 1. The standard InChI is InChI=1S/C15H25NO2S/c1-12(2)10-18-11-14(17)8-16(13-5-6-13)9-15-4-3-7-19-15/h3-4,7,12-14,17H,5-6,8-11H2,1-2H3. The molecule has 4 heteroatoms. The first-order chi connectivity index (χ1) is 9.15. The minimum Gasteiger partial charge on any atom is -0.389 e. The molecule has 1 aromatic rings. The van der Waals surface area contributed by atoms with Gasteiger partial charge in [0.2, 0.25) is 0 Å². The molecule has 0 radical (unpaired) electrons. The van der Waals surface area contributed by atoms with E-state index in [1.807, 2.05) is 0 Å². The van der Waals surface area contributed by atoms with E-state index in [0.717, 1.165) is 19.7 Å². The monoisotopic (exact) mass is 283 g/mol. The zero-order valence-electron chi connectivity index (χ0n) is 11.9. The second-order valence-corrected chi connectivity index (χ2v) is 6.86. The zero-order valence-corrected chi connectivity index (χ0v) is 12.7. The summed E-state index contributed by atoms with van der Waals surface area (Å²) >= 11 is 1.79. The van der Waals surface area contributed by atoms with Gasteiger partial charge in [-0.05, 0) is 30.2 Å². The molecular formula is C15H25NO2S. The van der Waals surface area contributed by atoms with Crippen molar-refractivity contribution in [2.45, 2.75) is 45.4 Å². The van der Waals surface area contributed by atoms with Crippen molar-refractivity contribution in [1.29, 1.82) is 0 Å². The Kier molecular flexibility index (Phi) is 5.82. The van der Waals surface area contributed by atoms with Crippen LogP contribution in [-0.4, -0.2) is 41.9 Å². The van der Waals surface area contributed by atoms with Gasteiger partial charge >= 0.3 is 0 Å². The van der Waals surface area contributed by atoms with Crippen molar-refractivity contribution in [2.24, 2.45) is 5.92 Å². The van der Waals surface area contributed by atoms with Crippen molar-refractivity contribution < 1.29 is 9.84 Å². The predicted octanol–water partition coefficient (Wildman–Crippen LogP) is 2.75. The van der Waals surface area contributed by atoms with E-state index in [2.05, 4.69) is 36.3 Å². The molecule has 2 rings (SSSR count). The fraction of sp³-hybridized carbons (Fsp3) is 0.733. The molecule has 0 saturated heterocycles. The van der Waals surface area contributed by atoms with E-state index in [0.29, 0.717) is 18.6 Å². The van der Waals surface area contributed by atoms with Gasteiger partial charge in [0.25, 0.3) is 0 Å². The summed E-state index contributed by atoms with van der Waals surface area (Å²) in [6, 6.07) is 4.93. The molecule has 1 aromatic heterocycles. The molecule has 108 valence electrons. The summed E-state index contributed by atoms with van der Waals surface area (Å²) < 4.78 is 5.52. The Labute approximate surface area is 120 Å². The predicted molar refractivity (Wildman–Crippen MR) is 79.4 cm³/mol. The minimum atomic E-state index is -0.376. The zero-order chi connectivity index (χ0) is 13.7. The van der Waals surface area contributed by atoms with Crippen LogP contribution in [0.1, 0.15) is 31.6 Å². The molecule has 0 bridgehead atoms. The Morgan fingerprint density at radius 1 is 1.42 bits per heavy atom. The van der Waals surface area contributed by atoms with E-state index in [1.54, 1.807) is 11.3 Å². The van der Waals surface area contributed by atoms with Crippen LogP contribution in [0.15, 0.2) is 17.5 Å². The first-order valence-corrected chi connectivity index (χ1v) is 8.05. The fourth-order valence-electron chi connectivity index (χ4n) is 2.15. The summed E-state index contributed by atoms with van der Waals surface area (Å²) in [5.41, 5.74) is 0. The number of hydrogen-bond donors (Lipinski definition) is 1. The van der Waals surface area contributed by atoms with Crippen molar-refractivity contribution in [3.63, 3.8) is 0 Å². The highest BCUT2D eigenvalue weighted by atomic mass is 32.1. The molecule has 0 spiro atoms. The topological polar surface area (TPSA) is 32.7 Å². The maximum atomic E-state index is 10.1. The number of rotatable bonds is 9. The van der Waals surface area contributed by atoms with E-state index < -0.39 is 0 Å². The van der Waals surface area contributed by atoms with Gasteiger partial charge in [-0.15, -0.1) is 11.3 Å². The lowest BCUT2D eigenvalue weighted by Gasteiger charge is -2.24. The molecule has 1 aliphatic rings. The third kappa shape index (κ3) is 5.61. The Hall–Kier alpha value is -0.420. The molecule has 1 aliphatic carbocycles. The quantitative estimate of drug-likeness (QED) is 0.756. The van der Waals surface area contributed by atoms with Crippen molar-refractivity contribution in [2.75, 3.05) is 19.8 Å². The third-order valence-electron chi connectivity index (χ3n) is 3.21. The average molecular weight is 283 g/mol. The number of thiophene rings is 1. The molecule has 1 unspecified atom stereocenters. The lowest BCUT2D eigenvalue weighted by Crippen LogP contribution is -2.36. The van der Waals surface area contributed by atoms with Gasteiger partial charge in [-0.1, -0.05) is 19.9 Å². The normalized spacial score (nSPS) is 17.3. The molecule has 1 heterocycles. The van der Waals surface area contributed by atoms with Crippen LogP contribution in [0.25, 0.3) is 0 Å². The molecular weight excluding hydrogens is 258 g/mol. The molecule has 1 fully saturated rings. The molecule has 0 aromatic carbocycles. The highest BCUT2D eigenvalue weighted by molar-refractivity contribution is 7.09. The lowest BCUT2D eigenvalue weighted by molar-refractivity contribution is 0.00563. The van der Waals surface area contributed by atoms with E-state index in [9.17, 15) is 5.11 Å². The van der Waals surface area contributed by atoms with E-state index >= 15 is 0 Å². The van der Waals surface area contributed by atoms with Gasteiger partial charge in [0.15, 0.2) is 0 Å². The number of aliphatic hydroxyl groups is 1. The second kappa shape index (κ2) is 7.39. The van der Waals surface area contributed by atoms with Gasteiger partial charge in [0.1, 0.15) is 0 Å². The van der Waals surface area contributed by atoms with Crippen LogP contribution in [0.5, 0.6) is 0 Å². The van der Waals surface area contributed by atoms with Crippen LogP contribution in [-0.2, 0) is 11.3 Å². The van der Waals surface area contributed by atoms with Gasteiger partial charge in [-0.3, -0.25) is 4.90 Å². The van der Waals surface area contributed by atoms with Gasteiger partial charge < -0.3 is 9.84 Å². The van der Waals surface area contributed by atoms with Crippen molar-refractivity contribution in [3.8, 4) is 0 Å². The van der Waals surface area contributed by atoms with Crippen LogP contribution >= 0.6 is 11.3 Å². The van der Waals surface area contributed by atoms with E-state index in [4.69, 9.17) is 4.74 Å². The Balaban J connectivity index is 1.73. The highest BCUT2D eigenvalue weighted by Gasteiger charge is 2.30. The van der Waals surface area contributed by atoms with Crippen LogP contribution in [0.3, 0.4) is 0 Å². The van der Waals surface area contributed by atoms with Crippen molar-refractivity contribution in [1.82, 2.24) is 4.90 Å². The number of aliphatic hydroxyl groups excluding tert-OH is 1. The van der Waals surface area contributed by atoms with Crippen LogP contribution < -0.4 is 0 Å². The maximum Gasteiger partial charge on any atom is 0.0900 e. The summed E-state index contributed by atoms with van der Waals surface area (Å²) in [6.07, 6.45) is 2.16. The summed E-state index contributed by atoms with van der Waals surface area (Å²) in [5, 5.41) is 12.2. The molecule has 1 saturated carbocycles. The lowest BCUT2D eigenvalue weighted by atomic mass is 10.2. The van der Waals surface area contributed by atoms with Crippen LogP contribution in [0.4, 0.5) is 0 Å². The van der Waals surface area contributed by atoms with Crippen molar-refractivity contribution >= 4 is 11.3 Å². The summed E-state index contributed by atoms with van der Waals surface area (Å²) in [5.74, 6) is 0.526. The first kappa shape index (κ1) is 15.0. The van der Waals surface area contributed by atoms with Crippen LogP contribution in [0, 0.1) is 5.92 Å². The average Bonchev–Trinajstić information content (AvgIpc) is 3.07. The van der Waals surface area contributed by atoms with Crippen LogP contribution in [0.2, 0.25) is 0 Å². The van der Waals surface area contributed by atoms with E-state index in [-0.39, 0.29) is 6.10 Å². The van der Waals surface area contributed by atoms with Gasteiger partial charge in [0.05, 0.1) is 12.7 Å². The number of nitrogens with zero attached hydrogens (tertiary/aromatic N) is 1. The molecule has 19 heavy (non-hydrogen) atoms. The smallest absolute Gasteiger partial charge is 0.0900 e. The second-order valence-electron chi connectivity index (χ2n) is 5.83. The molecule has 3 nitrogen and oxygen atoms in total. The molecule has 0 amide bonds. The first-order valence-electron chi connectivity index (χ1n) is 7.17. The highest BCUT2D eigenvalue weighted by Crippen LogP contribution is 2.29. The van der Waals surface area contributed by atoms with E-state index in [1.165, 1.54) is 17.7 Å². The molecule has 1 atom stereocenters. The summed E-state index contributed by atoms with van der Waals surface area (Å²) in [7, 11) is 0. The SMILES string of the molecule is CC(C)COCC(O)CN(Cc1cccs1)C1CC1. The number of hydrogen-bond acceptors (Lipinski definition) is 4. The summed E-state index contributed by atoms with van der Waals surface area (Å²) in [6.45, 7) is 7.11. The van der Waals surface area contributed by atoms with Gasteiger partial charge in [-0.25, -0.2) is 0 Å². The Morgan fingerprint density at radius 2 is 2.21 bits per heavy atom. The minimum absolute atomic E-state index is 0.376. The summed E-state index contributed by atoms with van der Waals surface area (Å²) in [4.78, 5) is 3.78. The fourth-order valence-corrected chi connectivity index (χ4v) is 2.88. The van der Waals surface area contributed by atoms with Gasteiger partial charge in [-0.2, -0.15) is 0 Å². The Morgan fingerprint density at radius 3 is 2.79 bits per heavy atom. The largest absolute Gasteiger partial charge is 0.389 e. The maximum absolute atomic E-state index is 10.1. The van der Waals surface area contributed by atoms with Gasteiger partial charge in [0, 0.05) is 30.6 Å².